The van der Waals surface area contributed by atoms with Crippen molar-refractivity contribution in [1.82, 2.24) is 0 Å². The Morgan fingerprint density at radius 2 is 2.12 bits per heavy atom. The van der Waals surface area contributed by atoms with Crippen molar-refractivity contribution in [2.24, 2.45) is 0 Å². The van der Waals surface area contributed by atoms with Gasteiger partial charge in [0.25, 0.3) is 0 Å². The van der Waals surface area contributed by atoms with E-state index in [-0.39, 0.29) is 0 Å². The molecule has 0 aromatic rings. The molecule has 0 aliphatic carbocycles. The predicted molar refractivity (Wildman–Crippen MR) is 26.6 cm³/mol. The molecule has 0 aromatic heterocycles. The van der Waals surface area contributed by atoms with Crippen LogP contribution in [0, 0.1) is 0 Å². The Labute approximate surface area is 47.3 Å². The maximum absolute atomic E-state index is 10.1. The van der Waals surface area contributed by atoms with Gasteiger partial charge >= 0.3 is 5.97 Å². The molecule has 0 spiro atoms. The van der Waals surface area contributed by atoms with Gasteiger partial charge in [0.15, 0.2) is 6.10 Å². The Kier molecular flexibility index (Phi) is 0.854. The Hall–Kier alpha value is -0.570. The molecule has 8 heavy (non-hydrogen) atoms. The van der Waals surface area contributed by atoms with E-state index in [4.69, 9.17) is 9.84 Å². The molecule has 1 saturated heterocycles. The molecule has 0 unspecified atom stereocenters. The lowest BCUT2D eigenvalue weighted by molar-refractivity contribution is -0.138. The summed E-state index contributed by atoms with van der Waals surface area (Å²) in [4.78, 5) is 10.1. The Morgan fingerprint density at radius 3 is 2.12 bits per heavy atom. The van der Waals surface area contributed by atoms with Gasteiger partial charge < -0.3 is 9.84 Å². The molecule has 0 radical (unpaired) electrons. The second-order valence-electron chi connectivity index (χ2n) is 2.44. The van der Waals surface area contributed by atoms with Crippen LogP contribution in [0.25, 0.3) is 0 Å². The largest absolute Gasteiger partial charge is 0.479 e. The third-order valence-electron chi connectivity index (χ3n) is 1.22. The summed E-state index contributed by atoms with van der Waals surface area (Å²) >= 11 is 0. The number of rotatable bonds is 1. The molecule has 1 heterocycles. The molecular formula is C5H8O3. The fourth-order valence-corrected chi connectivity index (χ4v) is 0.617. The first-order valence-electron chi connectivity index (χ1n) is 2.44. The minimum atomic E-state index is -0.866. The van der Waals surface area contributed by atoms with Gasteiger partial charge in [0.1, 0.15) is 5.60 Å². The lowest BCUT2D eigenvalue weighted by atomic mass is 10.1. The highest BCUT2D eigenvalue weighted by atomic mass is 16.6. The van der Waals surface area contributed by atoms with Gasteiger partial charge in [0.2, 0.25) is 0 Å². The zero-order chi connectivity index (χ0) is 6.36. The van der Waals surface area contributed by atoms with Gasteiger partial charge in [-0.25, -0.2) is 4.79 Å². The first-order chi connectivity index (χ1) is 3.54. The van der Waals surface area contributed by atoms with E-state index in [9.17, 15) is 4.79 Å². The van der Waals surface area contributed by atoms with Crippen LogP contribution in [0.1, 0.15) is 13.8 Å². The van der Waals surface area contributed by atoms with Gasteiger partial charge in [0.05, 0.1) is 0 Å². The van der Waals surface area contributed by atoms with E-state index in [0.717, 1.165) is 0 Å². The number of carboxylic acid groups (broad SMARTS) is 1. The van der Waals surface area contributed by atoms with Crippen molar-refractivity contribution >= 4 is 5.97 Å². The van der Waals surface area contributed by atoms with Crippen molar-refractivity contribution in [2.45, 2.75) is 25.6 Å². The van der Waals surface area contributed by atoms with E-state index in [1.165, 1.54) is 0 Å². The average Bonchev–Trinajstić information content (AvgIpc) is 2.13. The highest BCUT2D eigenvalue weighted by molar-refractivity contribution is 5.76. The molecule has 1 atom stereocenters. The van der Waals surface area contributed by atoms with Crippen LogP contribution in [-0.4, -0.2) is 22.8 Å². The Bertz CT molecular complexity index is 128. The molecule has 46 valence electrons. The molecule has 0 amide bonds. The summed E-state index contributed by atoms with van der Waals surface area (Å²) in [7, 11) is 0. The summed E-state index contributed by atoms with van der Waals surface area (Å²) in [5.74, 6) is -0.866. The number of epoxide rings is 1. The van der Waals surface area contributed by atoms with E-state index in [1.807, 2.05) is 0 Å². The second-order valence-corrected chi connectivity index (χ2v) is 2.44. The quantitative estimate of drug-likeness (QED) is 0.499. The summed E-state index contributed by atoms with van der Waals surface area (Å²) in [5.41, 5.74) is -0.411. The van der Waals surface area contributed by atoms with E-state index in [0.29, 0.717) is 0 Å². The molecule has 1 N–H and O–H groups in total. The summed E-state index contributed by atoms with van der Waals surface area (Å²) in [6, 6.07) is 0. The standard InChI is InChI=1S/C5H8O3/c1-5(2)3(8-5)4(6)7/h3H,1-2H3,(H,6,7)/t3-/m0/s1. The van der Waals surface area contributed by atoms with E-state index in [2.05, 4.69) is 0 Å². The van der Waals surface area contributed by atoms with Crippen molar-refractivity contribution in [3.05, 3.63) is 0 Å². The first kappa shape index (κ1) is 5.56. The van der Waals surface area contributed by atoms with Crippen LogP contribution < -0.4 is 0 Å². The van der Waals surface area contributed by atoms with E-state index in [1.54, 1.807) is 13.8 Å². The van der Waals surface area contributed by atoms with Gasteiger partial charge in [-0.2, -0.15) is 0 Å². The summed E-state index contributed by atoms with van der Waals surface area (Å²) in [5, 5.41) is 8.26. The van der Waals surface area contributed by atoms with Gasteiger partial charge in [-0.15, -0.1) is 0 Å². The number of hydrogen-bond acceptors (Lipinski definition) is 2. The number of ether oxygens (including phenoxy) is 1. The molecule has 0 aromatic carbocycles. The fourth-order valence-electron chi connectivity index (χ4n) is 0.617. The van der Waals surface area contributed by atoms with Crippen molar-refractivity contribution in [1.29, 1.82) is 0 Å². The second kappa shape index (κ2) is 1.23. The smallest absolute Gasteiger partial charge is 0.335 e. The molecule has 3 nitrogen and oxygen atoms in total. The molecule has 1 rings (SSSR count). The van der Waals surface area contributed by atoms with Crippen LogP contribution in [0.5, 0.6) is 0 Å². The summed E-state index contributed by atoms with van der Waals surface area (Å²) in [6.07, 6.45) is -0.567. The number of aliphatic carboxylic acids is 1. The molecule has 1 aliphatic heterocycles. The average molecular weight is 116 g/mol. The van der Waals surface area contributed by atoms with Crippen molar-refractivity contribution in [3.63, 3.8) is 0 Å². The van der Waals surface area contributed by atoms with Crippen LogP contribution >= 0.6 is 0 Å². The monoisotopic (exact) mass is 116 g/mol. The lowest BCUT2D eigenvalue weighted by Crippen LogP contribution is -2.12. The van der Waals surface area contributed by atoms with E-state index < -0.39 is 17.7 Å². The zero-order valence-electron chi connectivity index (χ0n) is 4.84. The third kappa shape index (κ3) is 0.690. The zero-order valence-corrected chi connectivity index (χ0v) is 4.84. The summed E-state index contributed by atoms with van der Waals surface area (Å²) < 4.78 is 4.77. The minimum Gasteiger partial charge on any atom is -0.479 e. The maximum Gasteiger partial charge on any atom is 0.335 e. The number of hydrogen-bond donors (Lipinski definition) is 1. The Morgan fingerprint density at radius 1 is 1.75 bits per heavy atom. The molecule has 0 saturated carbocycles. The van der Waals surface area contributed by atoms with Crippen LogP contribution in [0.15, 0.2) is 0 Å². The van der Waals surface area contributed by atoms with Crippen LogP contribution in [0.4, 0.5) is 0 Å². The molecule has 1 fully saturated rings. The SMILES string of the molecule is CC1(C)O[C@H]1C(=O)O. The highest BCUT2D eigenvalue weighted by Gasteiger charge is 2.53. The van der Waals surface area contributed by atoms with Crippen LogP contribution in [-0.2, 0) is 9.53 Å². The fraction of sp³-hybridized carbons (Fsp3) is 0.800. The van der Waals surface area contributed by atoms with Crippen molar-refractivity contribution in [3.8, 4) is 0 Å². The minimum absolute atomic E-state index is 0.411. The van der Waals surface area contributed by atoms with E-state index >= 15 is 0 Å². The normalized spacial score (nSPS) is 32.0. The van der Waals surface area contributed by atoms with Crippen LogP contribution in [0.2, 0.25) is 0 Å². The van der Waals surface area contributed by atoms with Gasteiger partial charge in [-0.05, 0) is 13.8 Å². The Balaban J connectivity index is 2.48. The lowest BCUT2D eigenvalue weighted by Gasteiger charge is -1.86. The molecule has 1 aliphatic rings. The summed E-state index contributed by atoms with van der Waals surface area (Å²) in [6.45, 7) is 3.51. The number of carboxylic acids is 1. The first-order valence-corrected chi connectivity index (χ1v) is 2.44. The van der Waals surface area contributed by atoms with Gasteiger partial charge in [-0.1, -0.05) is 0 Å². The van der Waals surface area contributed by atoms with Crippen molar-refractivity contribution < 1.29 is 14.6 Å². The number of carbonyl (C=O) groups is 1. The van der Waals surface area contributed by atoms with Gasteiger partial charge in [-0.3, -0.25) is 0 Å². The maximum atomic E-state index is 10.1. The van der Waals surface area contributed by atoms with Crippen LogP contribution in [0.3, 0.4) is 0 Å². The molecule has 3 heteroatoms. The third-order valence-corrected chi connectivity index (χ3v) is 1.22. The molecule has 0 bridgehead atoms. The van der Waals surface area contributed by atoms with Crippen molar-refractivity contribution in [2.75, 3.05) is 0 Å². The topological polar surface area (TPSA) is 49.8 Å². The molecular weight excluding hydrogens is 108 g/mol. The predicted octanol–water partition coefficient (Wildman–Crippen LogP) is 0.248. The highest BCUT2D eigenvalue weighted by Crippen LogP contribution is 2.34. The van der Waals surface area contributed by atoms with Gasteiger partial charge in [0, 0.05) is 0 Å².